The van der Waals surface area contributed by atoms with Gasteiger partial charge in [0.15, 0.2) is 5.75 Å². The number of rotatable bonds is 0. The third-order valence-corrected chi connectivity index (χ3v) is 2.30. The van der Waals surface area contributed by atoms with Gasteiger partial charge in [-0.2, -0.15) is 5.26 Å². The molecular formula is C11H8N2O2. The summed E-state index contributed by atoms with van der Waals surface area (Å²) in [4.78, 5) is 11.5. The lowest BCUT2D eigenvalue weighted by Gasteiger charge is -2.05. The van der Waals surface area contributed by atoms with Crippen molar-refractivity contribution >= 4 is 10.9 Å². The highest BCUT2D eigenvalue weighted by Crippen LogP contribution is 2.14. The Kier molecular flexibility index (Phi) is 1.94. The maximum Gasteiger partial charge on any atom is 0.230 e. The Bertz CT molecular complexity index is 635. The summed E-state index contributed by atoms with van der Waals surface area (Å²) >= 11 is 0. The molecule has 2 aromatic rings. The largest absolute Gasteiger partial charge is 0.503 e. The molecule has 1 aromatic heterocycles. The van der Waals surface area contributed by atoms with E-state index in [1.54, 1.807) is 29.8 Å². The van der Waals surface area contributed by atoms with Gasteiger partial charge in [-0.1, -0.05) is 0 Å². The van der Waals surface area contributed by atoms with Crippen LogP contribution in [-0.2, 0) is 7.05 Å². The number of aromatic nitrogens is 1. The Morgan fingerprint density at radius 1 is 1.47 bits per heavy atom. The van der Waals surface area contributed by atoms with Gasteiger partial charge in [0.1, 0.15) is 0 Å². The van der Waals surface area contributed by atoms with E-state index in [4.69, 9.17) is 5.26 Å². The monoisotopic (exact) mass is 200 g/mol. The molecule has 4 nitrogen and oxygen atoms in total. The normalized spacial score (nSPS) is 10.1. The molecule has 0 atom stereocenters. The van der Waals surface area contributed by atoms with Crippen molar-refractivity contribution in [2.24, 2.45) is 7.05 Å². The second-order valence-electron chi connectivity index (χ2n) is 3.30. The molecular weight excluding hydrogens is 192 g/mol. The van der Waals surface area contributed by atoms with Gasteiger partial charge in [-0.15, -0.1) is 0 Å². The molecule has 0 spiro atoms. The number of nitrogens with zero attached hydrogens (tertiary/aromatic N) is 2. The molecule has 1 heterocycles. The van der Waals surface area contributed by atoms with Crippen LogP contribution in [-0.4, -0.2) is 9.67 Å². The maximum atomic E-state index is 11.5. The van der Waals surface area contributed by atoms with Gasteiger partial charge in [0.25, 0.3) is 0 Å². The van der Waals surface area contributed by atoms with Gasteiger partial charge >= 0.3 is 0 Å². The molecule has 0 saturated carbocycles. The third-order valence-electron chi connectivity index (χ3n) is 2.30. The molecule has 0 saturated heterocycles. The van der Waals surface area contributed by atoms with Gasteiger partial charge in [0.05, 0.1) is 23.3 Å². The molecule has 4 heteroatoms. The van der Waals surface area contributed by atoms with E-state index in [9.17, 15) is 9.90 Å². The Morgan fingerprint density at radius 2 is 2.20 bits per heavy atom. The van der Waals surface area contributed by atoms with Crippen LogP contribution in [0.15, 0.2) is 29.2 Å². The Hall–Kier alpha value is -2.28. The van der Waals surface area contributed by atoms with Crippen molar-refractivity contribution < 1.29 is 5.11 Å². The fourth-order valence-electron chi connectivity index (χ4n) is 1.53. The summed E-state index contributed by atoms with van der Waals surface area (Å²) in [5, 5.41) is 18.5. The molecule has 1 aromatic carbocycles. The van der Waals surface area contributed by atoms with Crippen LogP contribution in [0.3, 0.4) is 0 Å². The molecule has 0 amide bonds. The Morgan fingerprint density at radius 3 is 2.87 bits per heavy atom. The van der Waals surface area contributed by atoms with E-state index in [1.165, 1.54) is 6.20 Å². The van der Waals surface area contributed by atoms with Crippen LogP contribution in [0.4, 0.5) is 0 Å². The number of hydrogen-bond donors (Lipinski definition) is 1. The van der Waals surface area contributed by atoms with Crippen LogP contribution in [0, 0.1) is 11.3 Å². The number of aromatic hydroxyl groups is 1. The highest BCUT2D eigenvalue weighted by molar-refractivity contribution is 5.81. The second kappa shape index (κ2) is 3.14. The smallest absolute Gasteiger partial charge is 0.230 e. The Labute approximate surface area is 85.6 Å². The zero-order valence-electron chi connectivity index (χ0n) is 8.06. The van der Waals surface area contributed by atoms with Gasteiger partial charge < -0.3 is 9.67 Å². The van der Waals surface area contributed by atoms with E-state index < -0.39 is 5.43 Å². The molecule has 0 aliphatic rings. The molecule has 1 N–H and O–H groups in total. The van der Waals surface area contributed by atoms with Crippen molar-refractivity contribution in [3.05, 3.63) is 40.2 Å². The van der Waals surface area contributed by atoms with E-state index in [0.29, 0.717) is 16.5 Å². The van der Waals surface area contributed by atoms with Crippen molar-refractivity contribution in [2.75, 3.05) is 0 Å². The third kappa shape index (κ3) is 1.34. The minimum absolute atomic E-state index is 0.283. The molecule has 0 aliphatic heterocycles. The molecule has 0 aliphatic carbocycles. The average Bonchev–Trinajstić information content (AvgIpc) is 2.25. The number of pyridine rings is 1. The minimum atomic E-state index is -0.410. The number of fused-ring (bicyclic) bond motifs is 1. The second-order valence-corrected chi connectivity index (χ2v) is 3.30. The SMILES string of the molecule is Cn1cc(O)c(=O)c2ccc(C#N)cc21. The number of nitriles is 1. The van der Waals surface area contributed by atoms with Crippen LogP contribution >= 0.6 is 0 Å². The van der Waals surface area contributed by atoms with Crippen molar-refractivity contribution in [2.45, 2.75) is 0 Å². The predicted molar refractivity (Wildman–Crippen MR) is 55.6 cm³/mol. The first kappa shape index (κ1) is 9.28. The number of aryl methyl sites for hydroxylation is 1. The quantitative estimate of drug-likeness (QED) is 0.692. The molecule has 15 heavy (non-hydrogen) atoms. The zero-order chi connectivity index (χ0) is 11.0. The summed E-state index contributed by atoms with van der Waals surface area (Å²) in [6, 6.07) is 6.73. The van der Waals surface area contributed by atoms with Crippen LogP contribution < -0.4 is 5.43 Å². The Balaban J connectivity index is 2.98. The molecule has 0 radical (unpaired) electrons. The van der Waals surface area contributed by atoms with Crippen molar-refractivity contribution in [3.63, 3.8) is 0 Å². The number of benzene rings is 1. The van der Waals surface area contributed by atoms with Crippen molar-refractivity contribution in [1.29, 1.82) is 5.26 Å². The van der Waals surface area contributed by atoms with Gasteiger partial charge in [0, 0.05) is 12.4 Å². The minimum Gasteiger partial charge on any atom is -0.503 e. The van der Waals surface area contributed by atoms with E-state index in [0.717, 1.165) is 0 Å². The predicted octanol–water partition coefficient (Wildman–Crippen LogP) is 1.12. The van der Waals surface area contributed by atoms with Crippen LogP contribution in [0.1, 0.15) is 5.56 Å². The molecule has 2 rings (SSSR count). The molecule has 0 bridgehead atoms. The molecule has 0 fully saturated rings. The average molecular weight is 200 g/mol. The van der Waals surface area contributed by atoms with Crippen molar-refractivity contribution in [1.82, 2.24) is 4.57 Å². The lowest BCUT2D eigenvalue weighted by atomic mass is 10.1. The first-order valence-electron chi connectivity index (χ1n) is 4.36. The topological polar surface area (TPSA) is 66.0 Å². The first-order valence-corrected chi connectivity index (χ1v) is 4.36. The van der Waals surface area contributed by atoms with Crippen LogP contribution in [0.2, 0.25) is 0 Å². The van der Waals surface area contributed by atoms with Crippen LogP contribution in [0.5, 0.6) is 5.75 Å². The summed E-state index contributed by atoms with van der Waals surface area (Å²) in [6.07, 6.45) is 1.34. The number of hydrogen-bond acceptors (Lipinski definition) is 3. The lowest BCUT2D eigenvalue weighted by molar-refractivity contribution is 0.466. The van der Waals surface area contributed by atoms with Gasteiger partial charge in [-0.25, -0.2) is 0 Å². The summed E-state index contributed by atoms with van der Waals surface area (Å²) in [5.41, 5.74) is 0.715. The van der Waals surface area contributed by atoms with Gasteiger partial charge in [-0.05, 0) is 18.2 Å². The summed E-state index contributed by atoms with van der Waals surface area (Å²) in [7, 11) is 1.71. The zero-order valence-corrected chi connectivity index (χ0v) is 8.06. The van der Waals surface area contributed by atoms with E-state index >= 15 is 0 Å². The standard InChI is InChI=1S/C11H8N2O2/c1-13-6-10(14)11(15)8-3-2-7(5-12)4-9(8)13/h2-4,6,14H,1H3. The van der Waals surface area contributed by atoms with E-state index in [1.807, 2.05) is 6.07 Å². The van der Waals surface area contributed by atoms with E-state index in [2.05, 4.69) is 0 Å². The fourth-order valence-corrected chi connectivity index (χ4v) is 1.53. The fraction of sp³-hybridized carbons (Fsp3) is 0.0909. The van der Waals surface area contributed by atoms with E-state index in [-0.39, 0.29) is 5.75 Å². The van der Waals surface area contributed by atoms with Gasteiger partial charge in [-0.3, -0.25) is 4.79 Å². The highest BCUT2D eigenvalue weighted by atomic mass is 16.3. The molecule has 74 valence electrons. The molecule has 0 unspecified atom stereocenters. The maximum absolute atomic E-state index is 11.5. The lowest BCUT2D eigenvalue weighted by Crippen LogP contribution is -2.06. The summed E-state index contributed by atoms with van der Waals surface area (Å²) < 4.78 is 1.62. The highest BCUT2D eigenvalue weighted by Gasteiger charge is 2.06. The summed E-state index contributed by atoms with van der Waals surface area (Å²) in [6.45, 7) is 0. The van der Waals surface area contributed by atoms with Gasteiger partial charge in [0.2, 0.25) is 5.43 Å². The van der Waals surface area contributed by atoms with Crippen LogP contribution in [0.25, 0.3) is 10.9 Å². The summed E-state index contributed by atoms with van der Waals surface area (Å²) in [5.74, 6) is -0.283. The van der Waals surface area contributed by atoms with Crippen molar-refractivity contribution in [3.8, 4) is 11.8 Å². The first-order chi connectivity index (χ1) is 7.13.